The third-order valence-corrected chi connectivity index (χ3v) is 6.51. The molecule has 2 N–H and O–H groups in total. The third-order valence-electron chi connectivity index (χ3n) is 5.34. The van der Waals surface area contributed by atoms with Crippen LogP contribution in [-0.4, -0.2) is 47.2 Å². The van der Waals surface area contributed by atoms with E-state index in [4.69, 9.17) is 4.98 Å². The number of para-hydroxylation sites is 1. The van der Waals surface area contributed by atoms with Gasteiger partial charge in [0.15, 0.2) is 23.5 Å². The van der Waals surface area contributed by atoms with Gasteiger partial charge in [0.25, 0.3) is 5.65 Å². The fourth-order valence-corrected chi connectivity index (χ4v) is 4.86. The van der Waals surface area contributed by atoms with E-state index in [9.17, 15) is 0 Å². The van der Waals surface area contributed by atoms with Gasteiger partial charge in [-0.2, -0.15) is 0 Å². The van der Waals surface area contributed by atoms with Crippen molar-refractivity contribution in [3.05, 3.63) is 47.6 Å². The van der Waals surface area contributed by atoms with E-state index in [-0.39, 0.29) is 0 Å². The predicted molar refractivity (Wildman–Crippen MR) is 120 cm³/mol. The Morgan fingerprint density at radius 2 is 2.17 bits per heavy atom. The minimum atomic E-state index is 0.845. The topological polar surface area (TPSA) is 74.2 Å². The van der Waals surface area contributed by atoms with Crippen LogP contribution in [0.15, 0.2) is 51.8 Å². The highest BCUT2D eigenvalue weighted by Crippen LogP contribution is 2.45. The van der Waals surface area contributed by atoms with E-state index in [0.29, 0.717) is 0 Å². The molecule has 2 aromatic heterocycles. The van der Waals surface area contributed by atoms with E-state index in [2.05, 4.69) is 67.5 Å². The molecule has 0 unspecified atom stereocenters. The Kier molecular flexibility index (Phi) is 5.04. The van der Waals surface area contributed by atoms with Crippen LogP contribution in [0.3, 0.4) is 0 Å². The molecule has 5 rings (SSSR count). The number of aromatic nitrogens is 4. The van der Waals surface area contributed by atoms with Crippen LogP contribution < -0.4 is 20.1 Å². The summed E-state index contributed by atoms with van der Waals surface area (Å²) in [6.07, 6.45) is 6.89. The molecule has 0 spiro atoms. The quantitative estimate of drug-likeness (QED) is 0.483. The average Bonchev–Trinajstić information content (AvgIpc) is 3.48. The minimum Gasteiger partial charge on any atom is -0.356 e. The number of nitrogens with one attached hydrogen (secondary N) is 2. The summed E-state index contributed by atoms with van der Waals surface area (Å²) in [7, 11) is 4.12. The van der Waals surface area contributed by atoms with Crippen LogP contribution in [0.1, 0.15) is 12.1 Å². The predicted octanol–water partition coefficient (Wildman–Crippen LogP) is 1.74. The number of aryl methyl sites for hydroxylation is 2. The van der Waals surface area contributed by atoms with Gasteiger partial charge in [-0.1, -0.05) is 28.9 Å². The second kappa shape index (κ2) is 7.98. The summed E-state index contributed by atoms with van der Waals surface area (Å²) >= 11 is 1.77. The summed E-state index contributed by atoms with van der Waals surface area (Å²) in [4.78, 5) is 17.3. The van der Waals surface area contributed by atoms with Gasteiger partial charge in [0.1, 0.15) is 0 Å². The van der Waals surface area contributed by atoms with Crippen molar-refractivity contribution in [1.82, 2.24) is 25.2 Å². The monoisotopic (exact) mass is 421 g/mol. The van der Waals surface area contributed by atoms with E-state index >= 15 is 0 Å². The van der Waals surface area contributed by atoms with Gasteiger partial charge in [-0.3, -0.25) is 4.99 Å². The first-order valence-electron chi connectivity index (χ1n) is 10.1. The standard InChI is InChI=1S/C21H25N8S/c1-27-13-26-20-19(27)15(12-18-28(2)16-6-3-4-7-17(16)30-18)25-14-29(20)11-5-8-22-21-23-9-10-24-21/h3-4,6-7,12-14H,5,8-11H2,1-2H3,(H2,22,23,24)/q+1. The summed E-state index contributed by atoms with van der Waals surface area (Å²) < 4.78 is 4.18. The molecule has 1 aromatic carbocycles. The van der Waals surface area contributed by atoms with Crippen molar-refractivity contribution >= 4 is 40.6 Å². The SMILES string of the molecule is CN1C(=Cc2nc[n+](CCCNC3=NCCN3)c3ncn(C)c23)Sc2ccccc21. The molecule has 2 aliphatic heterocycles. The fraction of sp³-hybridized carbons (Fsp3) is 0.333. The van der Waals surface area contributed by atoms with Crippen LogP contribution in [0, 0.1) is 0 Å². The van der Waals surface area contributed by atoms with Crippen molar-refractivity contribution in [3.63, 3.8) is 0 Å². The molecule has 0 saturated heterocycles. The Balaban J connectivity index is 1.37. The number of rotatable bonds is 5. The summed E-state index contributed by atoms with van der Waals surface area (Å²) in [5.41, 5.74) is 4.17. The fourth-order valence-electron chi connectivity index (χ4n) is 3.78. The second-order valence-electron chi connectivity index (χ2n) is 7.40. The Labute approximate surface area is 179 Å². The zero-order valence-electron chi connectivity index (χ0n) is 17.2. The average molecular weight is 422 g/mol. The van der Waals surface area contributed by atoms with Crippen molar-refractivity contribution in [3.8, 4) is 0 Å². The molecule has 4 heterocycles. The second-order valence-corrected chi connectivity index (χ2v) is 8.46. The van der Waals surface area contributed by atoms with Crippen molar-refractivity contribution in [2.24, 2.45) is 12.0 Å². The molecule has 2 aliphatic rings. The summed E-state index contributed by atoms with van der Waals surface area (Å²) in [5, 5.41) is 7.74. The molecule has 0 aliphatic carbocycles. The number of imidazole rings is 1. The van der Waals surface area contributed by atoms with E-state index in [1.54, 1.807) is 11.8 Å². The van der Waals surface area contributed by atoms with Gasteiger partial charge in [-0.25, -0.2) is 4.57 Å². The van der Waals surface area contributed by atoms with Crippen LogP contribution >= 0.6 is 11.8 Å². The van der Waals surface area contributed by atoms with Crippen molar-refractivity contribution in [2.45, 2.75) is 17.9 Å². The van der Waals surface area contributed by atoms with Gasteiger partial charge >= 0.3 is 0 Å². The molecule has 0 fully saturated rings. The highest BCUT2D eigenvalue weighted by Gasteiger charge is 2.24. The molecule has 154 valence electrons. The van der Waals surface area contributed by atoms with Crippen LogP contribution in [0.2, 0.25) is 0 Å². The van der Waals surface area contributed by atoms with Crippen molar-refractivity contribution < 1.29 is 4.57 Å². The number of fused-ring (bicyclic) bond motifs is 2. The molecule has 0 saturated carbocycles. The largest absolute Gasteiger partial charge is 0.356 e. The minimum absolute atomic E-state index is 0.845. The lowest BCUT2D eigenvalue weighted by Gasteiger charge is -2.13. The lowest BCUT2D eigenvalue weighted by Crippen LogP contribution is -2.39. The maximum absolute atomic E-state index is 4.79. The Bertz CT molecular complexity index is 1150. The first-order valence-corrected chi connectivity index (χ1v) is 11.0. The molecular weight excluding hydrogens is 396 g/mol. The number of nitrogens with zero attached hydrogens (tertiary/aromatic N) is 6. The summed E-state index contributed by atoms with van der Waals surface area (Å²) in [6, 6.07) is 8.46. The molecule has 0 amide bonds. The number of aliphatic imine (C=N–C) groups is 1. The zero-order valence-corrected chi connectivity index (χ0v) is 18.0. The highest BCUT2D eigenvalue weighted by atomic mass is 32.2. The molecule has 0 atom stereocenters. The number of anilines is 1. The van der Waals surface area contributed by atoms with Crippen LogP contribution in [0.25, 0.3) is 17.2 Å². The van der Waals surface area contributed by atoms with Crippen LogP contribution in [0.4, 0.5) is 5.69 Å². The van der Waals surface area contributed by atoms with Crippen molar-refractivity contribution in [2.75, 3.05) is 31.6 Å². The van der Waals surface area contributed by atoms with E-state index in [0.717, 1.165) is 60.4 Å². The Morgan fingerprint density at radius 1 is 1.27 bits per heavy atom. The first kappa shape index (κ1) is 18.9. The Hall–Kier alpha value is -3.07. The lowest BCUT2D eigenvalue weighted by atomic mass is 10.3. The number of thioether (sulfide) groups is 1. The van der Waals surface area contributed by atoms with Crippen LogP contribution in [-0.2, 0) is 13.6 Å². The molecule has 3 aromatic rings. The first-order chi connectivity index (χ1) is 14.7. The summed E-state index contributed by atoms with van der Waals surface area (Å²) in [6.45, 7) is 3.48. The molecule has 8 nitrogen and oxygen atoms in total. The number of hydrogen-bond acceptors (Lipinski definition) is 7. The van der Waals surface area contributed by atoms with Gasteiger partial charge in [0.05, 0.1) is 23.8 Å². The van der Waals surface area contributed by atoms with Gasteiger partial charge in [-0.15, -0.1) is 4.98 Å². The zero-order chi connectivity index (χ0) is 20.5. The number of benzene rings is 1. The van der Waals surface area contributed by atoms with Gasteiger partial charge in [0.2, 0.25) is 6.33 Å². The van der Waals surface area contributed by atoms with Gasteiger partial charge < -0.3 is 20.1 Å². The normalized spacial score (nSPS) is 16.8. The number of guanidine groups is 1. The van der Waals surface area contributed by atoms with E-state index in [1.807, 2.05) is 24.3 Å². The maximum atomic E-state index is 4.79. The van der Waals surface area contributed by atoms with Crippen molar-refractivity contribution in [1.29, 1.82) is 0 Å². The third kappa shape index (κ3) is 3.49. The lowest BCUT2D eigenvalue weighted by molar-refractivity contribution is -0.676. The van der Waals surface area contributed by atoms with E-state index < -0.39 is 0 Å². The molecular formula is C21H25N8S+. The van der Waals surface area contributed by atoms with Gasteiger partial charge in [0, 0.05) is 38.2 Å². The summed E-state index contributed by atoms with van der Waals surface area (Å²) in [5.74, 6) is 0.905. The molecule has 30 heavy (non-hydrogen) atoms. The maximum Gasteiger partial charge on any atom is 0.291 e. The Morgan fingerprint density at radius 3 is 3.00 bits per heavy atom. The smallest absolute Gasteiger partial charge is 0.291 e. The van der Waals surface area contributed by atoms with Gasteiger partial charge in [-0.05, 0) is 18.6 Å². The molecule has 9 heteroatoms. The van der Waals surface area contributed by atoms with E-state index in [1.165, 1.54) is 10.6 Å². The highest BCUT2D eigenvalue weighted by molar-refractivity contribution is 8.03. The van der Waals surface area contributed by atoms with Crippen LogP contribution in [0.5, 0.6) is 0 Å². The number of hydrogen-bond donors (Lipinski definition) is 2. The molecule has 0 radical (unpaired) electrons. The molecule has 0 bridgehead atoms.